The van der Waals surface area contributed by atoms with E-state index in [0.717, 1.165) is 72.2 Å². The first-order valence-electron chi connectivity index (χ1n) is 19.3. The molecule has 0 fully saturated rings. The fourth-order valence-corrected chi connectivity index (χ4v) is 7.71. The SMILES string of the molecule is [2H]C([2H])([2H])c1ccc(-n2c(-c3ccccc3O)nc3c(-c4[c-]c(-c5ccccn5)cc5c4c4ccccc4n5-c4ccccc4)cccc32)c(-c2ccccc2)c1.[Pt]. The quantitative estimate of drug-likeness (QED) is 0.169. The Morgan fingerprint density at radius 3 is 2.15 bits per heavy atom. The molecule has 5 nitrogen and oxygen atoms in total. The minimum atomic E-state index is -2.31. The molecule has 0 bridgehead atoms. The van der Waals surface area contributed by atoms with Crippen molar-refractivity contribution in [2.75, 3.05) is 0 Å². The van der Waals surface area contributed by atoms with Crippen LogP contribution in [0.5, 0.6) is 5.75 Å². The predicted octanol–water partition coefficient (Wildman–Crippen LogP) is 12.0. The molecule has 0 amide bonds. The van der Waals surface area contributed by atoms with Gasteiger partial charge in [-0.05, 0) is 77.9 Å². The molecule has 0 saturated heterocycles. The third-order valence-electron chi connectivity index (χ3n) is 10.1. The summed E-state index contributed by atoms with van der Waals surface area (Å²) >= 11 is 0. The summed E-state index contributed by atoms with van der Waals surface area (Å²) < 4.78 is 29.1. The Morgan fingerprint density at radius 2 is 1.35 bits per heavy atom. The standard InChI is InChI=1S/C49H33N4O.Pt/c1-32-26-27-43(39(29-32)33-15-4-2-5-16-33)53-44-24-14-21-36(48(44)51-49(53)38-20-9-11-25-46(38)54)40-30-34(41-22-12-13-28-50-41)31-45-47(40)37-19-8-10-23-42(37)52(45)35-17-6-3-7-18-35;/h2-29,31,54H,1H3;/q-1;/i1D3;. The van der Waals surface area contributed by atoms with Crippen molar-refractivity contribution in [1.82, 2.24) is 19.1 Å². The van der Waals surface area contributed by atoms with Gasteiger partial charge in [-0.15, -0.1) is 11.6 Å². The number of benzene rings is 7. The Labute approximate surface area is 337 Å². The normalized spacial score (nSPS) is 12.3. The molecule has 0 unspecified atom stereocenters. The van der Waals surface area contributed by atoms with E-state index in [9.17, 15) is 5.11 Å². The Morgan fingerprint density at radius 1 is 0.618 bits per heavy atom. The predicted molar refractivity (Wildman–Crippen MR) is 220 cm³/mol. The summed E-state index contributed by atoms with van der Waals surface area (Å²) in [5.41, 5.74) is 11.0. The second-order valence-corrected chi connectivity index (χ2v) is 13.3. The molecule has 3 heterocycles. The van der Waals surface area contributed by atoms with Gasteiger partial charge in [0.2, 0.25) is 0 Å². The number of aromatic nitrogens is 4. The number of fused-ring (bicyclic) bond motifs is 4. The number of hydrogen-bond donors (Lipinski definition) is 1. The molecule has 0 saturated carbocycles. The van der Waals surface area contributed by atoms with Gasteiger partial charge in [-0.1, -0.05) is 137 Å². The van der Waals surface area contributed by atoms with Gasteiger partial charge in [0, 0.05) is 53.8 Å². The van der Waals surface area contributed by atoms with E-state index < -0.39 is 6.85 Å². The molecular weight excluding hydrogens is 856 g/mol. The van der Waals surface area contributed by atoms with Gasteiger partial charge in [0.15, 0.2) is 0 Å². The van der Waals surface area contributed by atoms with E-state index >= 15 is 0 Å². The smallest absolute Gasteiger partial charge is 0.148 e. The molecule has 266 valence electrons. The number of aryl methyl sites for hydroxylation is 1. The summed E-state index contributed by atoms with van der Waals surface area (Å²) in [5, 5.41) is 13.5. The van der Waals surface area contributed by atoms with Gasteiger partial charge in [-0.25, -0.2) is 4.98 Å². The molecule has 0 aliphatic rings. The average Bonchev–Trinajstić information content (AvgIpc) is 3.80. The molecule has 0 atom stereocenters. The Hall–Kier alpha value is -6.55. The first-order valence-corrected chi connectivity index (χ1v) is 17.8. The minimum Gasteiger partial charge on any atom is -0.507 e. The van der Waals surface area contributed by atoms with Crippen LogP contribution >= 0.6 is 0 Å². The van der Waals surface area contributed by atoms with E-state index in [1.807, 2.05) is 102 Å². The van der Waals surface area contributed by atoms with E-state index in [2.05, 4.69) is 59.2 Å². The molecule has 6 heteroatoms. The summed E-state index contributed by atoms with van der Waals surface area (Å²) in [6, 6.07) is 59.0. The van der Waals surface area contributed by atoms with Gasteiger partial charge in [0.25, 0.3) is 0 Å². The number of nitrogens with zero attached hydrogens (tertiary/aromatic N) is 4. The Balaban J connectivity index is 0.00000436. The van der Waals surface area contributed by atoms with Crippen LogP contribution in [0.1, 0.15) is 9.68 Å². The molecule has 1 N–H and O–H groups in total. The van der Waals surface area contributed by atoms with Crippen molar-refractivity contribution in [1.29, 1.82) is 0 Å². The number of hydrogen-bond acceptors (Lipinski definition) is 3. The van der Waals surface area contributed by atoms with Crippen LogP contribution in [0.4, 0.5) is 0 Å². The number of para-hydroxylation sites is 4. The number of phenols is 1. The summed E-state index contributed by atoms with van der Waals surface area (Å²) in [4.78, 5) is 10.2. The van der Waals surface area contributed by atoms with Gasteiger partial charge in [-0.3, -0.25) is 9.55 Å². The molecule has 55 heavy (non-hydrogen) atoms. The minimum absolute atomic E-state index is 0. The van der Waals surface area contributed by atoms with E-state index in [1.165, 1.54) is 0 Å². The van der Waals surface area contributed by atoms with E-state index in [1.54, 1.807) is 30.5 Å². The second-order valence-electron chi connectivity index (χ2n) is 13.3. The van der Waals surface area contributed by atoms with Crippen molar-refractivity contribution in [3.63, 3.8) is 0 Å². The van der Waals surface area contributed by atoms with E-state index in [0.29, 0.717) is 16.9 Å². The average molecular weight is 892 g/mol. The van der Waals surface area contributed by atoms with Crippen LogP contribution < -0.4 is 0 Å². The number of aromatic hydroxyl groups is 1. The van der Waals surface area contributed by atoms with Crippen LogP contribution in [0.25, 0.3) is 89.1 Å². The number of imidazole rings is 1. The summed E-state index contributed by atoms with van der Waals surface area (Å²) in [6.07, 6.45) is 1.79. The van der Waals surface area contributed by atoms with Crippen molar-refractivity contribution < 1.29 is 30.3 Å². The van der Waals surface area contributed by atoms with Crippen molar-refractivity contribution >= 4 is 32.8 Å². The van der Waals surface area contributed by atoms with Crippen LogP contribution in [-0.4, -0.2) is 24.2 Å². The van der Waals surface area contributed by atoms with Crippen LogP contribution in [-0.2, 0) is 21.1 Å². The van der Waals surface area contributed by atoms with Gasteiger partial charge in [0.1, 0.15) is 11.6 Å². The Kier molecular flexibility index (Phi) is 7.87. The third-order valence-corrected chi connectivity index (χ3v) is 10.1. The first-order chi connectivity index (χ1) is 27.8. The van der Waals surface area contributed by atoms with Crippen molar-refractivity contribution in [2.24, 2.45) is 0 Å². The van der Waals surface area contributed by atoms with Crippen molar-refractivity contribution in [3.8, 4) is 62.0 Å². The molecule has 0 aliphatic carbocycles. The molecule has 10 rings (SSSR count). The summed E-state index contributed by atoms with van der Waals surface area (Å²) in [7, 11) is 0. The molecule has 7 aromatic carbocycles. The molecule has 0 radical (unpaired) electrons. The molecular formula is C49H33N4OPt-. The summed E-state index contributed by atoms with van der Waals surface area (Å²) in [5.74, 6) is 0.589. The van der Waals surface area contributed by atoms with Gasteiger partial charge in [-0.2, -0.15) is 0 Å². The molecule has 0 aliphatic heterocycles. The largest absolute Gasteiger partial charge is 0.507 e. The molecule has 10 aromatic rings. The van der Waals surface area contributed by atoms with Crippen molar-refractivity contribution in [3.05, 3.63) is 188 Å². The maximum atomic E-state index is 11.4. The van der Waals surface area contributed by atoms with Crippen molar-refractivity contribution in [2.45, 2.75) is 6.85 Å². The monoisotopic (exact) mass is 891 g/mol. The number of rotatable bonds is 6. The van der Waals surface area contributed by atoms with E-state index in [-0.39, 0.29) is 32.4 Å². The maximum Gasteiger partial charge on any atom is 0.148 e. The molecule has 3 aromatic heterocycles. The maximum absolute atomic E-state index is 11.4. The van der Waals surface area contributed by atoms with Crippen LogP contribution in [0, 0.1) is 12.9 Å². The van der Waals surface area contributed by atoms with Crippen LogP contribution in [0.3, 0.4) is 0 Å². The summed E-state index contributed by atoms with van der Waals surface area (Å²) in [6.45, 7) is -2.31. The Bertz CT molecular complexity index is 3120. The zero-order chi connectivity index (χ0) is 38.7. The number of phenolic OH excluding ortho intramolecular Hbond substituents is 1. The topological polar surface area (TPSA) is 55.9 Å². The van der Waals surface area contributed by atoms with Crippen LogP contribution in [0.2, 0.25) is 0 Å². The van der Waals surface area contributed by atoms with Gasteiger partial charge >= 0.3 is 0 Å². The number of pyridine rings is 1. The second kappa shape index (κ2) is 14.0. The fraction of sp³-hybridized carbons (Fsp3) is 0.0204. The zero-order valence-corrected chi connectivity index (χ0v) is 31.6. The van der Waals surface area contributed by atoms with Gasteiger partial charge in [0.05, 0.1) is 22.3 Å². The van der Waals surface area contributed by atoms with E-state index in [4.69, 9.17) is 14.1 Å². The molecule has 0 spiro atoms. The van der Waals surface area contributed by atoms with Crippen LogP contribution in [0.15, 0.2) is 176 Å². The van der Waals surface area contributed by atoms with Gasteiger partial charge < -0.3 is 9.67 Å². The third kappa shape index (κ3) is 5.76. The fourth-order valence-electron chi connectivity index (χ4n) is 7.71. The zero-order valence-electron chi connectivity index (χ0n) is 32.3. The first kappa shape index (κ1) is 30.9.